The van der Waals surface area contributed by atoms with Crippen LogP contribution < -0.4 is 10.6 Å². The largest absolute Gasteiger partial charge is 0.354 e. The Morgan fingerprint density at radius 3 is 2.95 bits per heavy atom. The number of nitrogens with one attached hydrogen (secondary N) is 2. The van der Waals surface area contributed by atoms with Gasteiger partial charge in [-0.05, 0) is 25.0 Å². The zero-order valence-corrected chi connectivity index (χ0v) is 12.3. The van der Waals surface area contributed by atoms with Gasteiger partial charge in [-0.15, -0.1) is 0 Å². The molecule has 1 fully saturated rings. The molecule has 2 aromatic rings. The van der Waals surface area contributed by atoms with E-state index in [1.807, 2.05) is 18.3 Å². The fourth-order valence-corrected chi connectivity index (χ4v) is 2.57. The summed E-state index contributed by atoms with van der Waals surface area (Å²) >= 11 is 5.93. The highest BCUT2D eigenvalue weighted by molar-refractivity contribution is 6.30. The van der Waals surface area contributed by atoms with Crippen molar-refractivity contribution in [2.75, 3.05) is 5.32 Å². The summed E-state index contributed by atoms with van der Waals surface area (Å²) in [6.07, 6.45) is 3.19. The first-order valence-electron chi connectivity index (χ1n) is 6.84. The molecule has 0 unspecified atom stereocenters. The van der Waals surface area contributed by atoms with E-state index < -0.39 is 0 Å². The maximum absolute atomic E-state index is 12.0. The molecule has 112 valence electrons. The third kappa shape index (κ3) is 3.05. The fraction of sp³-hybridized carbons (Fsp3) is 0.267. The van der Waals surface area contributed by atoms with E-state index in [9.17, 15) is 4.79 Å². The predicted octanol–water partition coefficient (Wildman–Crippen LogP) is 2.78. The summed E-state index contributed by atoms with van der Waals surface area (Å²) in [5.74, 6) is 0.700. The van der Waals surface area contributed by atoms with Gasteiger partial charge in [0.05, 0.1) is 0 Å². The lowest BCUT2D eigenvalue weighted by atomic mass is 9.80. The summed E-state index contributed by atoms with van der Waals surface area (Å²) in [4.78, 5) is 12.0. The average Bonchev–Trinajstić information content (AvgIpc) is 2.90. The quantitative estimate of drug-likeness (QED) is 0.668. The highest BCUT2D eigenvalue weighted by Gasteiger charge is 2.34. The van der Waals surface area contributed by atoms with E-state index in [1.54, 1.807) is 18.2 Å². The predicted molar refractivity (Wildman–Crippen MR) is 80.8 cm³/mol. The van der Waals surface area contributed by atoms with Crippen LogP contribution in [0.5, 0.6) is 0 Å². The summed E-state index contributed by atoms with van der Waals surface area (Å²) in [5, 5.41) is 18.3. The van der Waals surface area contributed by atoms with Crippen LogP contribution in [0.25, 0.3) is 11.3 Å². The molecule has 6 nitrogen and oxygen atoms in total. The van der Waals surface area contributed by atoms with E-state index in [0.29, 0.717) is 29.4 Å². The second kappa shape index (κ2) is 6.08. The number of rotatable bonds is 4. The molecule has 1 aromatic heterocycles. The van der Waals surface area contributed by atoms with Crippen LogP contribution in [0.15, 0.2) is 34.9 Å². The molecule has 0 saturated heterocycles. The van der Waals surface area contributed by atoms with Crippen molar-refractivity contribution in [3.05, 3.63) is 35.4 Å². The normalized spacial score (nSPS) is 19.8. The third-order valence-corrected chi connectivity index (χ3v) is 3.88. The van der Waals surface area contributed by atoms with Gasteiger partial charge in [0, 0.05) is 28.6 Å². The van der Waals surface area contributed by atoms with Gasteiger partial charge in [-0.25, -0.2) is 0 Å². The molecule has 0 spiro atoms. The molecule has 0 atom stereocenters. The number of carbonyl (C=O) groups is 1. The van der Waals surface area contributed by atoms with Gasteiger partial charge in [-0.3, -0.25) is 4.79 Å². The third-order valence-electron chi connectivity index (χ3n) is 3.65. The van der Waals surface area contributed by atoms with Crippen LogP contribution in [0.3, 0.4) is 0 Å². The van der Waals surface area contributed by atoms with Crippen molar-refractivity contribution < 1.29 is 9.32 Å². The van der Waals surface area contributed by atoms with E-state index in [1.165, 1.54) is 0 Å². The minimum Gasteiger partial charge on any atom is -0.354 e. The maximum atomic E-state index is 12.0. The van der Waals surface area contributed by atoms with Gasteiger partial charge in [-0.2, -0.15) is 5.26 Å². The second-order valence-corrected chi connectivity index (χ2v) is 5.63. The van der Waals surface area contributed by atoms with E-state index in [4.69, 9.17) is 21.4 Å². The number of benzene rings is 1. The number of halogens is 1. The van der Waals surface area contributed by atoms with Crippen LogP contribution in [-0.4, -0.2) is 17.1 Å². The molecule has 22 heavy (non-hydrogen) atoms. The highest BCUT2D eigenvalue weighted by atomic mass is 35.5. The molecule has 7 heteroatoms. The molecular formula is C15H13ClN4O2. The van der Waals surface area contributed by atoms with E-state index >= 15 is 0 Å². The van der Waals surface area contributed by atoms with Gasteiger partial charge in [-0.1, -0.05) is 28.9 Å². The topological polar surface area (TPSA) is 91.0 Å². The molecule has 0 bridgehead atoms. The van der Waals surface area contributed by atoms with Gasteiger partial charge >= 0.3 is 0 Å². The average molecular weight is 317 g/mol. The lowest BCUT2D eigenvalue weighted by Crippen LogP contribution is -2.44. The number of nitrogens with zero attached hydrogens (tertiary/aromatic N) is 2. The van der Waals surface area contributed by atoms with Crippen molar-refractivity contribution in [3.63, 3.8) is 0 Å². The first-order chi connectivity index (χ1) is 10.7. The number of anilines is 1. The van der Waals surface area contributed by atoms with E-state index in [0.717, 1.165) is 5.56 Å². The Morgan fingerprint density at radius 2 is 2.23 bits per heavy atom. The Bertz CT molecular complexity index is 731. The molecule has 1 aliphatic carbocycles. The van der Waals surface area contributed by atoms with Crippen LogP contribution in [0.2, 0.25) is 5.02 Å². The van der Waals surface area contributed by atoms with Crippen LogP contribution in [0.1, 0.15) is 12.8 Å². The molecule has 1 aliphatic rings. The Morgan fingerprint density at radius 1 is 1.41 bits per heavy atom. The molecule has 0 aliphatic heterocycles. The standard InChI is InChI=1S/C15H13ClN4O2/c16-11-3-1-2-9(4-11)13-7-14(20-22-13)19-15(21)10-5-12(6-10)18-8-17/h1-4,7,10,12,18H,5-6H2,(H,19,20,21). The first kappa shape index (κ1) is 14.4. The Labute approximate surface area is 132 Å². The van der Waals surface area contributed by atoms with E-state index in [-0.39, 0.29) is 17.9 Å². The number of aromatic nitrogens is 1. The van der Waals surface area contributed by atoms with Gasteiger partial charge in [0.1, 0.15) is 0 Å². The van der Waals surface area contributed by atoms with Gasteiger partial charge < -0.3 is 15.2 Å². The maximum Gasteiger partial charge on any atom is 0.228 e. The highest BCUT2D eigenvalue weighted by Crippen LogP contribution is 2.29. The summed E-state index contributed by atoms with van der Waals surface area (Å²) in [7, 11) is 0. The SMILES string of the molecule is N#CNC1CC(C(=O)Nc2cc(-c3cccc(Cl)c3)on2)C1. The molecular weight excluding hydrogens is 304 g/mol. The summed E-state index contributed by atoms with van der Waals surface area (Å²) in [6.45, 7) is 0. The monoisotopic (exact) mass is 316 g/mol. The van der Waals surface area contributed by atoms with E-state index in [2.05, 4.69) is 15.8 Å². The molecule has 1 heterocycles. The van der Waals surface area contributed by atoms with Crippen molar-refractivity contribution in [1.29, 1.82) is 5.26 Å². The van der Waals surface area contributed by atoms with Crippen LogP contribution in [0.4, 0.5) is 5.82 Å². The van der Waals surface area contributed by atoms with Crippen molar-refractivity contribution >= 4 is 23.3 Å². The van der Waals surface area contributed by atoms with Crippen LogP contribution in [0, 0.1) is 17.4 Å². The zero-order chi connectivity index (χ0) is 15.5. The van der Waals surface area contributed by atoms with Gasteiger partial charge in [0.2, 0.25) is 5.91 Å². The van der Waals surface area contributed by atoms with Crippen molar-refractivity contribution in [3.8, 4) is 17.5 Å². The molecule has 0 radical (unpaired) electrons. The molecule has 3 rings (SSSR count). The Kier molecular flexibility index (Phi) is 3.98. The molecule has 2 N–H and O–H groups in total. The Balaban J connectivity index is 1.61. The van der Waals surface area contributed by atoms with Crippen molar-refractivity contribution in [2.45, 2.75) is 18.9 Å². The fourth-order valence-electron chi connectivity index (χ4n) is 2.38. The number of carbonyl (C=O) groups excluding carboxylic acids is 1. The van der Waals surface area contributed by atoms with Gasteiger partial charge in [0.15, 0.2) is 17.8 Å². The summed E-state index contributed by atoms with van der Waals surface area (Å²) in [5.41, 5.74) is 0.794. The molecule has 1 aromatic carbocycles. The number of amides is 1. The summed E-state index contributed by atoms with van der Waals surface area (Å²) < 4.78 is 5.22. The van der Waals surface area contributed by atoms with Crippen LogP contribution in [-0.2, 0) is 4.79 Å². The smallest absolute Gasteiger partial charge is 0.228 e. The Hall–Kier alpha value is -2.52. The lowest BCUT2D eigenvalue weighted by Gasteiger charge is -2.32. The van der Waals surface area contributed by atoms with Crippen molar-refractivity contribution in [2.24, 2.45) is 5.92 Å². The second-order valence-electron chi connectivity index (χ2n) is 5.20. The minimum atomic E-state index is -0.109. The number of nitriles is 1. The zero-order valence-electron chi connectivity index (χ0n) is 11.5. The molecule has 1 saturated carbocycles. The minimum absolute atomic E-state index is 0.0973. The lowest BCUT2D eigenvalue weighted by molar-refractivity contribution is -0.122. The molecule has 1 amide bonds. The van der Waals surface area contributed by atoms with Gasteiger partial charge in [0.25, 0.3) is 0 Å². The first-order valence-corrected chi connectivity index (χ1v) is 7.21. The van der Waals surface area contributed by atoms with Crippen LogP contribution >= 0.6 is 11.6 Å². The van der Waals surface area contributed by atoms with Crippen molar-refractivity contribution in [1.82, 2.24) is 10.5 Å². The number of hydrogen-bond donors (Lipinski definition) is 2. The summed E-state index contributed by atoms with van der Waals surface area (Å²) in [6, 6.07) is 8.95. The number of hydrogen-bond acceptors (Lipinski definition) is 5.